The van der Waals surface area contributed by atoms with E-state index in [1.165, 1.54) is 0 Å². The normalized spacial score (nSPS) is 47.6. The van der Waals surface area contributed by atoms with E-state index in [0.717, 1.165) is 11.1 Å². The average Bonchev–Trinajstić information content (AvgIpc) is 3.28. The molecule has 0 aromatic carbocycles. The maximum Gasteiger partial charge on any atom is 0.316 e. The fourth-order valence-corrected chi connectivity index (χ4v) is 7.32. The summed E-state index contributed by atoms with van der Waals surface area (Å²) in [7, 11) is 1.58. The van der Waals surface area contributed by atoms with Gasteiger partial charge in [-0.1, -0.05) is 64.2 Å². The molecule has 1 spiro atoms. The van der Waals surface area contributed by atoms with Gasteiger partial charge in [0, 0.05) is 31.8 Å². The molecule has 0 unspecified atom stereocenters. The molecule has 0 aromatic rings. The highest BCUT2D eigenvalue weighted by Gasteiger charge is 2.60. The molecule has 2 N–H and O–H groups in total. The van der Waals surface area contributed by atoms with Crippen LogP contribution in [0.5, 0.6) is 0 Å². The Balaban J connectivity index is 1.56. The first-order valence-corrected chi connectivity index (χ1v) is 15.4. The number of hydrogen-bond donors (Lipinski definition) is 2. The Morgan fingerprint density at radius 1 is 1.07 bits per heavy atom. The fourth-order valence-electron chi connectivity index (χ4n) is 7.32. The monoisotopic (exact) mass is 584 g/mol. The predicted molar refractivity (Wildman–Crippen MR) is 158 cm³/mol. The first-order chi connectivity index (χ1) is 19.9. The molecule has 8 heteroatoms. The minimum atomic E-state index is -1.64. The molecule has 0 aromatic heterocycles. The topological polar surface area (TPSA) is 104 Å². The lowest BCUT2D eigenvalue weighted by molar-refractivity contribution is -0.299. The Hall–Kier alpha value is -2.07. The van der Waals surface area contributed by atoms with Crippen LogP contribution in [-0.4, -0.2) is 77.9 Å². The van der Waals surface area contributed by atoms with Gasteiger partial charge in [-0.05, 0) is 49.0 Å². The number of aliphatic hydroxyl groups excluding tert-OH is 1. The first kappa shape index (κ1) is 31.4. The second kappa shape index (κ2) is 12.1. The molecule has 0 saturated carbocycles. The van der Waals surface area contributed by atoms with Gasteiger partial charge in [0.2, 0.25) is 0 Å². The van der Waals surface area contributed by atoms with E-state index in [1.807, 2.05) is 45.1 Å². The summed E-state index contributed by atoms with van der Waals surface area (Å²) in [4.78, 5) is 14.0. The zero-order valence-corrected chi connectivity index (χ0v) is 26.0. The van der Waals surface area contributed by atoms with Crippen molar-refractivity contribution < 1.29 is 38.7 Å². The molecular formula is C34H48O8. The standard InChI is InChI=1S/C34H48O8/c1-19(2)29-22(5)13-14-33(42-29)17-26-16-25(41-33)12-11-21(4)28(35)20(3)9-8-10-24-18-39-31-30(38-7)23(6)15-27(32(36)40-26)34(24,31)37/h8-11,13-15,19-20,22,25-31,35,37H,12,16-18H2,1-7H3/b9-8+,21-11-,24-10-/t20-,22-,25+,26-,27-,28-,29+,30+,31-,33+,34-/m0/s1. The van der Waals surface area contributed by atoms with E-state index in [2.05, 4.69) is 26.8 Å². The van der Waals surface area contributed by atoms with Crippen LogP contribution in [0.3, 0.4) is 0 Å². The Labute approximate surface area is 250 Å². The van der Waals surface area contributed by atoms with Gasteiger partial charge in [-0.25, -0.2) is 0 Å². The van der Waals surface area contributed by atoms with Gasteiger partial charge < -0.3 is 33.9 Å². The van der Waals surface area contributed by atoms with Gasteiger partial charge in [-0.2, -0.15) is 0 Å². The molecule has 11 atom stereocenters. The molecule has 0 amide bonds. The van der Waals surface area contributed by atoms with Crippen molar-refractivity contribution >= 4 is 5.97 Å². The van der Waals surface area contributed by atoms with E-state index >= 15 is 0 Å². The van der Waals surface area contributed by atoms with E-state index in [4.69, 9.17) is 23.7 Å². The number of aliphatic hydroxyl groups is 2. The molecular weight excluding hydrogens is 536 g/mol. The molecule has 5 aliphatic rings. The van der Waals surface area contributed by atoms with Gasteiger partial charge in [0.15, 0.2) is 5.79 Å². The Morgan fingerprint density at radius 2 is 1.83 bits per heavy atom. The van der Waals surface area contributed by atoms with Crippen molar-refractivity contribution in [1.29, 1.82) is 0 Å². The van der Waals surface area contributed by atoms with Gasteiger partial charge in [0.05, 0.1) is 24.9 Å². The van der Waals surface area contributed by atoms with Crippen molar-refractivity contribution in [2.75, 3.05) is 13.7 Å². The van der Waals surface area contributed by atoms with Crippen molar-refractivity contribution in [3.63, 3.8) is 0 Å². The number of fused-ring (bicyclic) bond motifs is 2. The quantitative estimate of drug-likeness (QED) is 0.360. The summed E-state index contributed by atoms with van der Waals surface area (Å²) in [5.74, 6) is -2.19. The lowest BCUT2D eigenvalue weighted by atomic mass is 9.70. The summed E-state index contributed by atoms with van der Waals surface area (Å²) in [6.45, 7) is 12.3. The first-order valence-electron chi connectivity index (χ1n) is 15.4. The molecule has 2 fully saturated rings. The predicted octanol–water partition coefficient (Wildman–Crippen LogP) is 4.57. The molecule has 42 heavy (non-hydrogen) atoms. The summed E-state index contributed by atoms with van der Waals surface area (Å²) < 4.78 is 31.4. The van der Waals surface area contributed by atoms with Crippen molar-refractivity contribution in [2.24, 2.45) is 23.7 Å². The van der Waals surface area contributed by atoms with Gasteiger partial charge >= 0.3 is 5.97 Å². The number of allylic oxidation sites excluding steroid dienone is 2. The van der Waals surface area contributed by atoms with Crippen LogP contribution in [0.2, 0.25) is 0 Å². The highest BCUT2D eigenvalue weighted by Crippen LogP contribution is 2.47. The highest BCUT2D eigenvalue weighted by molar-refractivity contribution is 5.78. The van der Waals surface area contributed by atoms with Crippen LogP contribution in [0.15, 0.2) is 59.3 Å². The Kier molecular flexibility index (Phi) is 9.06. The van der Waals surface area contributed by atoms with Crippen molar-refractivity contribution in [3.05, 3.63) is 59.3 Å². The summed E-state index contributed by atoms with van der Waals surface area (Å²) in [5.41, 5.74) is 0.589. The SMILES string of the molecule is CO[C@@H]1C(C)=C[C@H]2C(=O)O[C@H]3C[C@@H](C/C=C(/C)[C@@H](O)[C@@H](C)/C=C/C=C4/CO[C@@H]1[C@]42O)O[C@@]1(C=C[C@H](C)[C@@H](C(C)C)O1)C3. The fraction of sp³-hybridized carbons (Fsp3) is 0.676. The van der Waals surface area contributed by atoms with Crippen molar-refractivity contribution in [1.82, 2.24) is 0 Å². The van der Waals surface area contributed by atoms with Gasteiger partial charge in [0.25, 0.3) is 0 Å². The number of carbonyl (C=O) groups is 1. The van der Waals surface area contributed by atoms with E-state index in [9.17, 15) is 15.0 Å². The number of rotatable bonds is 2. The molecule has 8 nitrogen and oxygen atoms in total. The zero-order valence-electron chi connectivity index (χ0n) is 26.0. The number of ether oxygens (including phenoxy) is 5. The molecule has 2 saturated heterocycles. The zero-order chi connectivity index (χ0) is 30.4. The summed E-state index contributed by atoms with van der Waals surface area (Å²) >= 11 is 0. The molecule has 232 valence electrons. The molecule has 2 bridgehead atoms. The maximum absolute atomic E-state index is 14.0. The third-order valence-corrected chi connectivity index (χ3v) is 9.73. The third kappa shape index (κ3) is 5.74. The lowest BCUT2D eigenvalue weighted by Crippen LogP contribution is -2.58. The van der Waals surface area contributed by atoms with Crippen LogP contribution >= 0.6 is 0 Å². The highest BCUT2D eigenvalue weighted by atomic mass is 16.7. The largest absolute Gasteiger partial charge is 0.462 e. The van der Waals surface area contributed by atoms with Crippen LogP contribution in [0, 0.1) is 23.7 Å². The third-order valence-electron chi connectivity index (χ3n) is 9.73. The van der Waals surface area contributed by atoms with Gasteiger partial charge in [-0.15, -0.1) is 0 Å². The van der Waals surface area contributed by atoms with Gasteiger partial charge in [0.1, 0.15) is 29.8 Å². The van der Waals surface area contributed by atoms with Crippen molar-refractivity contribution in [2.45, 2.75) is 109 Å². The second-order valence-electron chi connectivity index (χ2n) is 13.3. The van der Waals surface area contributed by atoms with Crippen LogP contribution in [-0.2, 0) is 28.5 Å². The van der Waals surface area contributed by atoms with Gasteiger partial charge in [-0.3, -0.25) is 4.79 Å². The number of carbonyl (C=O) groups excluding carboxylic acids is 1. The number of methoxy groups -OCH3 is 1. The smallest absolute Gasteiger partial charge is 0.316 e. The Morgan fingerprint density at radius 3 is 2.55 bits per heavy atom. The number of hydrogen-bond acceptors (Lipinski definition) is 8. The van der Waals surface area contributed by atoms with E-state index < -0.39 is 47.7 Å². The van der Waals surface area contributed by atoms with Crippen LogP contribution in [0.4, 0.5) is 0 Å². The molecule has 5 rings (SSSR count). The average molecular weight is 585 g/mol. The second-order valence-corrected chi connectivity index (χ2v) is 13.3. The molecule has 1 aliphatic carbocycles. The summed E-state index contributed by atoms with van der Waals surface area (Å²) in [6.07, 6.45) is 12.0. The van der Waals surface area contributed by atoms with E-state index in [1.54, 1.807) is 19.3 Å². The van der Waals surface area contributed by atoms with E-state index in [0.29, 0.717) is 24.8 Å². The minimum Gasteiger partial charge on any atom is -0.462 e. The van der Waals surface area contributed by atoms with E-state index in [-0.39, 0.29) is 36.6 Å². The lowest BCUT2D eigenvalue weighted by Gasteiger charge is -2.48. The molecule has 0 radical (unpaired) electrons. The summed E-state index contributed by atoms with van der Waals surface area (Å²) in [5, 5.41) is 23.3. The maximum atomic E-state index is 14.0. The minimum absolute atomic E-state index is 0.0468. The molecule has 4 heterocycles. The van der Waals surface area contributed by atoms with Crippen LogP contribution in [0.1, 0.15) is 60.8 Å². The number of esters is 1. The van der Waals surface area contributed by atoms with Crippen LogP contribution < -0.4 is 0 Å². The molecule has 4 aliphatic heterocycles. The Bertz CT molecular complexity index is 1180. The van der Waals surface area contributed by atoms with Crippen LogP contribution in [0.25, 0.3) is 0 Å². The van der Waals surface area contributed by atoms with Crippen molar-refractivity contribution in [3.8, 4) is 0 Å². The summed E-state index contributed by atoms with van der Waals surface area (Å²) in [6, 6.07) is 0.